The first kappa shape index (κ1) is 9.22. The first-order valence-corrected chi connectivity index (χ1v) is 6.11. The Hall–Kier alpha value is -0.340. The minimum atomic E-state index is 0.925. The van der Waals surface area contributed by atoms with Crippen LogP contribution in [0.1, 0.15) is 24.8 Å². The topological polar surface area (TPSA) is 12.0 Å². The third-order valence-corrected chi connectivity index (χ3v) is 3.55. The van der Waals surface area contributed by atoms with E-state index in [1.807, 2.05) is 11.3 Å². The monoisotopic (exact) mass is 195 g/mol. The molecule has 0 amide bonds. The van der Waals surface area contributed by atoms with Gasteiger partial charge in [-0.15, -0.1) is 0 Å². The third kappa shape index (κ3) is 2.82. The van der Waals surface area contributed by atoms with Crippen molar-refractivity contribution in [3.05, 3.63) is 22.4 Å². The molecule has 0 aliphatic carbocycles. The predicted octanol–water partition coefficient (Wildman–Crippen LogP) is 2.68. The second-order valence-electron chi connectivity index (χ2n) is 3.88. The highest BCUT2D eigenvalue weighted by molar-refractivity contribution is 7.07. The van der Waals surface area contributed by atoms with Gasteiger partial charge in [0.2, 0.25) is 0 Å². The average Bonchev–Trinajstić information content (AvgIpc) is 2.69. The predicted molar refractivity (Wildman–Crippen MR) is 58.2 cm³/mol. The summed E-state index contributed by atoms with van der Waals surface area (Å²) in [6, 6.07) is 2.25. The number of thiophene rings is 1. The number of hydrogen-bond acceptors (Lipinski definition) is 2. The fourth-order valence-corrected chi connectivity index (χ4v) is 2.68. The molecule has 13 heavy (non-hydrogen) atoms. The quantitative estimate of drug-likeness (QED) is 0.782. The minimum absolute atomic E-state index is 0.925. The van der Waals surface area contributed by atoms with E-state index < -0.39 is 0 Å². The number of aryl methyl sites for hydroxylation is 1. The van der Waals surface area contributed by atoms with Crippen LogP contribution in [0.2, 0.25) is 0 Å². The Morgan fingerprint density at radius 1 is 1.54 bits per heavy atom. The summed E-state index contributed by atoms with van der Waals surface area (Å²) in [4.78, 5) is 0. The minimum Gasteiger partial charge on any atom is -0.316 e. The van der Waals surface area contributed by atoms with Gasteiger partial charge in [-0.3, -0.25) is 0 Å². The summed E-state index contributed by atoms with van der Waals surface area (Å²) in [7, 11) is 0. The highest BCUT2D eigenvalue weighted by atomic mass is 32.1. The molecule has 1 aromatic heterocycles. The molecule has 2 heteroatoms. The van der Waals surface area contributed by atoms with Crippen LogP contribution >= 0.6 is 11.3 Å². The van der Waals surface area contributed by atoms with E-state index in [2.05, 4.69) is 22.1 Å². The maximum Gasteiger partial charge on any atom is -0.00204 e. The molecule has 2 heterocycles. The SMILES string of the molecule is c1cc(CCC2CCCNC2)cs1. The number of hydrogen-bond donors (Lipinski definition) is 1. The van der Waals surface area contributed by atoms with Gasteiger partial charge in [0.15, 0.2) is 0 Å². The van der Waals surface area contributed by atoms with Crippen LogP contribution in [-0.2, 0) is 6.42 Å². The molecule has 0 bridgehead atoms. The molecule has 2 rings (SSSR count). The Labute approximate surface area is 84.2 Å². The van der Waals surface area contributed by atoms with Gasteiger partial charge in [-0.2, -0.15) is 11.3 Å². The number of nitrogens with one attached hydrogen (secondary N) is 1. The van der Waals surface area contributed by atoms with E-state index in [0.717, 1.165) is 5.92 Å². The van der Waals surface area contributed by atoms with Crippen molar-refractivity contribution in [2.24, 2.45) is 5.92 Å². The van der Waals surface area contributed by atoms with Crippen molar-refractivity contribution < 1.29 is 0 Å². The molecular formula is C11H17NS. The summed E-state index contributed by atoms with van der Waals surface area (Å²) in [5.74, 6) is 0.925. The molecule has 1 unspecified atom stereocenters. The Morgan fingerprint density at radius 2 is 2.54 bits per heavy atom. The highest BCUT2D eigenvalue weighted by Crippen LogP contribution is 2.18. The lowest BCUT2D eigenvalue weighted by Gasteiger charge is -2.22. The van der Waals surface area contributed by atoms with Crippen molar-refractivity contribution in [3.63, 3.8) is 0 Å². The second-order valence-corrected chi connectivity index (χ2v) is 4.66. The number of rotatable bonds is 3. The van der Waals surface area contributed by atoms with Gasteiger partial charge in [-0.1, -0.05) is 0 Å². The van der Waals surface area contributed by atoms with Crippen molar-refractivity contribution >= 4 is 11.3 Å². The zero-order chi connectivity index (χ0) is 8.93. The van der Waals surface area contributed by atoms with Crippen LogP contribution < -0.4 is 5.32 Å². The van der Waals surface area contributed by atoms with Gasteiger partial charge in [-0.05, 0) is 67.1 Å². The largest absolute Gasteiger partial charge is 0.316 e. The molecule has 1 nitrogen and oxygen atoms in total. The molecule has 1 atom stereocenters. The van der Waals surface area contributed by atoms with E-state index in [4.69, 9.17) is 0 Å². The van der Waals surface area contributed by atoms with Gasteiger partial charge in [0.05, 0.1) is 0 Å². The maximum absolute atomic E-state index is 3.47. The van der Waals surface area contributed by atoms with Crippen LogP contribution in [0.4, 0.5) is 0 Å². The molecule has 1 aromatic rings. The van der Waals surface area contributed by atoms with Gasteiger partial charge in [0, 0.05) is 0 Å². The Morgan fingerprint density at radius 3 is 3.23 bits per heavy atom. The standard InChI is InChI=1S/C11H17NS/c1-2-10(8-12-6-1)3-4-11-5-7-13-9-11/h5,7,9-10,12H,1-4,6,8H2. The van der Waals surface area contributed by atoms with Gasteiger partial charge < -0.3 is 5.32 Å². The maximum atomic E-state index is 3.47. The Balaban J connectivity index is 1.72. The van der Waals surface area contributed by atoms with Crippen LogP contribution in [0.3, 0.4) is 0 Å². The van der Waals surface area contributed by atoms with Crippen molar-refractivity contribution in [1.82, 2.24) is 5.32 Å². The van der Waals surface area contributed by atoms with Crippen LogP contribution in [0.15, 0.2) is 16.8 Å². The molecule has 0 radical (unpaired) electrons. The summed E-state index contributed by atoms with van der Waals surface area (Å²) in [6.45, 7) is 2.47. The summed E-state index contributed by atoms with van der Waals surface area (Å²) in [5, 5.41) is 7.92. The molecule has 1 aliphatic heterocycles. The third-order valence-electron chi connectivity index (χ3n) is 2.82. The van der Waals surface area contributed by atoms with Gasteiger partial charge in [0.1, 0.15) is 0 Å². The van der Waals surface area contributed by atoms with Crippen molar-refractivity contribution in [1.29, 1.82) is 0 Å². The van der Waals surface area contributed by atoms with Gasteiger partial charge in [0.25, 0.3) is 0 Å². The van der Waals surface area contributed by atoms with Crippen molar-refractivity contribution in [2.75, 3.05) is 13.1 Å². The first-order chi connectivity index (χ1) is 6.45. The fourth-order valence-electron chi connectivity index (χ4n) is 1.98. The molecule has 1 N–H and O–H groups in total. The smallest absolute Gasteiger partial charge is 0.00204 e. The summed E-state index contributed by atoms with van der Waals surface area (Å²) in [5.41, 5.74) is 1.52. The zero-order valence-corrected chi connectivity index (χ0v) is 8.78. The fraction of sp³-hybridized carbons (Fsp3) is 0.636. The summed E-state index contributed by atoms with van der Waals surface area (Å²) in [6.07, 6.45) is 5.44. The zero-order valence-electron chi connectivity index (χ0n) is 7.96. The van der Waals surface area contributed by atoms with E-state index in [-0.39, 0.29) is 0 Å². The molecule has 0 saturated carbocycles. The number of piperidine rings is 1. The van der Waals surface area contributed by atoms with Crippen LogP contribution in [0.5, 0.6) is 0 Å². The van der Waals surface area contributed by atoms with Crippen molar-refractivity contribution in [3.8, 4) is 0 Å². The molecule has 0 aromatic carbocycles. The lowest BCUT2D eigenvalue weighted by molar-refractivity contribution is 0.358. The van der Waals surface area contributed by atoms with Crippen LogP contribution in [0.25, 0.3) is 0 Å². The normalized spacial score (nSPS) is 23.2. The lowest BCUT2D eigenvalue weighted by Crippen LogP contribution is -2.29. The van der Waals surface area contributed by atoms with Gasteiger partial charge >= 0.3 is 0 Å². The molecule has 1 fully saturated rings. The molecule has 1 aliphatic rings. The summed E-state index contributed by atoms with van der Waals surface area (Å²) < 4.78 is 0. The average molecular weight is 195 g/mol. The Kier molecular flexibility index (Phi) is 3.39. The van der Waals surface area contributed by atoms with E-state index in [9.17, 15) is 0 Å². The van der Waals surface area contributed by atoms with E-state index >= 15 is 0 Å². The van der Waals surface area contributed by atoms with E-state index in [1.165, 1.54) is 44.3 Å². The van der Waals surface area contributed by atoms with Crippen LogP contribution in [-0.4, -0.2) is 13.1 Å². The van der Waals surface area contributed by atoms with Crippen molar-refractivity contribution in [2.45, 2.75) is 25.7 Å². The molecule has 72 valence electrons. The van der Waals surface area contributed by atoms with E-state index in [1.54, 1.807) is 0 Å². The van der Waals surface area contributed by atoms with Gasteiger partial charge in [-0.25, -0.2) is 0 Å². The highest BCUT2D eigenvalue weighted by Gasteiger charge is 2.12. The Bertz CT molecular complexity index is 224. The van der Waals surface area contributed by atoms with Crippen LogP contribution in [0, 0.1) is 5.92 Å². The first-order valence-electron chi connectivity index (χ1n) is 5.17. The molecular weight excluding hydrogens is 178 g/mol. The molecule has 1 saturated heterocycles. The van der Waals surface area contributed by atoms with E-state index in [0.29, 0.717) is 0 Å². The molecule has 0 spiro atoms. The second kappa shape index (κ2) is 4.77. The lowest BCUT2D eigenvalue weighted by atomic mass is 9.93. The summed E-state index contributed by atoms with van der Waals surface area (Å²) >= 11 is 1.81.